The summed E-state index contributed by atoms with van der Waals surface area (Å²) in [6, 6.07) is 0. The van der Waals surface area contributed by atoms with Crippen LogP contribution in [0.15, 0.2) is 0 Å². The van der Waals surface area contributed by atoms with Crippen LogP contribution < -0.4 is 0 Å². The Morgan fingerprint density at radius 3 is 2.36 bits per heavy atom. The first kappa shape index (κ1) is 12.8. The van der Waals surface area contributed by atoms with E-state index in [1.54, 1.807) is 6.92 Å². The molecule has 4 heteroatoms. The molecule has 1 atom stereocenters. The molecule has 0 heterocycles. The van der Waals surface area contributed by atoms with Crippen molar-refractivity contribution >= 4 is 18.0 Å². The van der Waals surface area contributed by atoms with Gasteiger partial charge in [-0.25, -0.2) is 0 Å². The summed E-state index contributed by atoms with van der Waals surface area (Å²) in [5.74, 6) is -0.598. The Bertz CT molecular complexity index is 234. The molecule has 0 fully saturated rings. The molecule has 80 valence electrons. The van der Waals surface area contributed by atoms with Gasteiger partial charge in [-0.3, -0.25) is 4.79 Å². The molecule has 0 spiro atoms. The number of esters is 1. The molecule has 1 unspecified atom stereocenters. The number of Topliss-reactive ketones (excluding diaryl/α,β-unsaturated/α-hetero) is 1. The number of carbonyl (C=O) groups is 3. The molecular weight excluding hydrogens is 184 g/mol. The van der Waals surface area contributed by atoms with Gasteiger partial charge in [0.15, 0.2) is 0 Å². The second-order valence-corrected chi connectivity index (χ2v) is 3.46. The Morgan fingerprint density at radius 2 is 2.00 bits per heavy atom. The van der Waals surface area contributed by atoms with E-state index < -0.39 is 11.4 Å². The summed E-state index contributed by atoms with van der Waals surface area (Å²) in [4.78, 5) is 32.8. The molecule has 0 rings (SSSR count). The second kappa shape index (κ2) is 5.52. The SMILES string of the molecule is CCOC(=O)C(C)(C=O)CCC(C)=O. The third-order valence-corrected chi connectivity index (χ3v) is 2.00. The molecule has 0 saturated carbocycles. The van der Waals surface area contributed by atoms with E-state index in [2.05, 4.69) is 0 Å². The number of hydrogen-bond donors (Lipinski definition) is 0. The monoisotopic (exact) mass is 200 g/mol. The van der Waals surface area contributed by atoms with Crippen LogP contribution in [0.5, 0.6) is 0 Å². The summed E-state index contributed by atoms with van der Waals surface area (Å²) in [7, 11) is 0. The summed E-state index contributed by atoms with van der Waals surface area (Å²) >= 11 is 0. The fourth-order valence-electron chi connectivity index (χ4n) is 0.941. The van der Waals surface area contributed by atoms with Gasteiger partial charge < -0.3 is 14.3 Å². The maximum atomic E-state index is 11.3. The van der Waals surface area contributed by atoms with E-state index in [0.717, 1.165) is 0 Å². The van der Waals surface area contributed by atoms with Crippen LogP contribution in [-0.4, -0.2) is 24.6 Å². The van der Waals surface area contributed by atoms with Crippen LogP contribution in [0.3, 0.4) is 0 Å². The van der Waals surface area contributed by atoms with Crippen LogP contribution in [0.1, 0.15) is 33.6 Å². The Hall–Kier alpha value is -1.19. The van der Waals surface area contributed by atoms with Gasteiger partial charge in [-0.2, -0.15) is 0 Å². The van der Waals surface area contributed by atoms with E-state index in [9.17, 15) is 14.4 Å². The van der Waals surface area contributed by atoms with Crippen molar-refractivity contribution in [1.82, 2.24) is 0 Å². The summed E-state index contributed by atoms with van der Waals surface area (Å²) in [5.41, 5.74) is -1.18. The number of hydrogen-bond acceptors (Lipinski definition) is 4. The minimum atomic E-state index is -1.18. The number of rotatable bonds is 6. The highest BCUT2D eigenvalue weighted by atomic mass is 16.5. The van der Waals surface area contributed by atoms with Crippen molar-refractivity contribution in [2.24, 2.45) is 5.41 Å². The van der Waals surface area contributed by atoms with Gasteiger partial charge in [0.05, 0.1) is 6.61 Å². The molecule has 0 radical (unpaired) electrons. The van der Waals surface area contributed by atoms with Crippen molar-refractivity contribution in [3.63, 3.8) is 0 Å². The molecule has 0 aromatic carbocycles. The third-order valence-electron chi connectivity index (χ3n) is 2.00. The highest BCUT2D eigenvalue weighted by molar-refractivity contribution is 5.93. The van der Waals surface area contributed by atoms with Crippen LogP contribution in [0, 0.1) is 5.41 Å². The second-order valence-electron chi connectivity index (χ2n) is 3.46. The molecule has 0 amide bonds. The van der Waals surface area contributed by atoms with E-state index in [0.29, 0.717) is 6.29 Å². The molecule has 0 aliphatic rings. The molecule has 14 heavy (non-hydrogen) atoms. The molecule has 0 N–H and O–H groups in total. The quantitative estimate of drug-likeness (QED) is 0.366. The minimum Gasteiger partial charge on any atom is -0.465 e. The Labute approximate surface area is 83.6 Å². The topological polar surface area (TPSA) is 60.4 Å². The zero-order chi connectivity index (χ0) is 11.2. The summed E-state index contributed by atoms with van der Waals surface area (Å²) < 4.78 is 4.75. The molecule has 0 aliphatic carbocycles. The largest absolute Gasteiger partial charge is 0.465 e. The first-order chi connectivity index (χ1) is 6.46. The van der Waals surface area contributed by atoms with Crippen molar-refractivity contribution in [3.8, 4) is 0 Å². The van der Waals surface area contributed by atoms with Crippen LogP contribution in [-0.2, 0) is 19.1 Å². The number of ketones is 1. The lowest BCUT2D eigenvalue weighted by molar-refractivity contribution is -0.156. The zero-order valence-corrected chi connectivity index (χ0v) is 8.83. The van der Waals surface area contributed by atoms with Gasteiger partial charge in [-0.1, -0.05) is 0 Å². The fourth-order valence-corrected chi connectivity index (χ4v) is 0.941. The molecular formula is C10H16O4. The van der Waals surface area contributed by atoms with Crippen LogP contribution in [0.2, 0.25) is 0 Å². The molecule has 0 aromatic heterocycles. The van der Waals surface area contributed by atoms with Gasteiger partial charge in [0.2, 0.25) is 0 Å². The van der Waals surface area contributed by atoms with Crippen molar-refractivity contribution in [3.05, 3.63) is 0 Å². The van der Waals surface area contributed by atoms with Crippen LogP contribution >= 0.6 is 0 Å². The van der Waals surface area contributed by atoms with Crippen molar-refractivity contribution < 1.29 is 19.1 Å². The predicted octanol–water partition coefficient (Wildman–Crippen LogP) is 1.12. The van der Waals surface area contributed by atoms with Crippen molar-refractivity contribution in [2.45, 2.75) is 33.6 Å². The Kier molecular flexibility index (Phi) is 5.05. The lowest BCUT2D eigenvalue weighted by atomic mass is 9.86. The molecule has 4 nitrogen and oxygen atoms in total. The Morgan fingerprint density at radius 1 is 1.43 bits per heavy atom. The average Bonchev–Trinajstić information content (AvgIpc) is 2.14. The van der Waals surface area contributed by atoms with E-state index >= 15 is 0 Å². The van der Waals surface area contributed by atoms with E-state index in [1.165, 1.54) is 13.8 Å². The van der Waals surface area contributed by atoms with Gasteiger partial charge in [0.1, 0.15) is 17.5 Å². The lowest BCUT2D eigenvalue weighted by Gasteiger charge is -2.19. The first-order valence-corrected chi connectivity index (χ1v) is 4.59. The predicted molar refractivity (Wildman–Crippen MR) is 50.7 cm³/mol. The number of ether oxygens (including phenoxy) is 1. The van der Waals surface area contributed by atoms with Crippen LogP contribution in [0.4, 0.5) is 0 Å². The van der Waals surface area contributed by atoms with E-state index in [4.69, 9.17) is 4.74 Å². The summed E-state index contributed by atoms with van der Waals surface area (Å²) in [5, 5.41) is 0. The van der Waals surface area contributed by atoms with Gasteiger partial charge >= 0.3 is 5.97 Å². The molecule has 0 aliphatic heterocycles. The van der Waals surface area contributed by atoms with Crippen molar-refractivity contribution in [2.75, 3.05) is 6.61 Å². The number of carbonyl (C=O) groups excluding carboxylic acids is 3. The standard InChI is InChI=1S/C10H16O4/c1-4-14-9(13)10(3,7-11)6-5-8(2)12/h7H,4-6H2,1-3H3. The van der Waals surface area contributed by atoms with Gasteiger partial charge in [0, 0.05) is 6.42 Å². The highest BCUT2D eigenvalue weighted by Gasteiger charge is 2.34. The maximum Gasteiger partial charge on any atom is 0.319 e. The Balaban J connectivity index is 4.38. The summed E-state index contributed by atoms with van der Waals surface area (Å²) in [6.07, 6.45) is 0.979. The highest BCUT2D eigenvalue weighted by Crippen LogP contribution is 2.22. The number of aldehydes is 1. The van der Waals surface area contributed by atoms with E-state index in [1.807, 2.05) is 0 Å². The average molecular weight is 200 g/mol. The maximum absolute atomic E-state index is 11.3. The fraction of sp³-hybridized carbons (Fsp3) is 0.700. The van der Waals surface area contributed by atoms with Gasteiger partial charge in [-0.05, 0) is 27.2 Å². The van der Waals surface area contributed by atoms with Crippen LogP contribution in [0.25, 0.3) is 0 Å². The first-order valence-electron chi connectivity index (χ1n) is 4.59. The molecule has 0 saturated heterocycles. The minimum absolute atomic E-state index is 0.0395. The normalized spacial score (nSPS) is 14.2. The molecule has 0 aromatic rings. The molecule has 0 bridgehead atoms. The third kappa shape index (κ3) is 3.68. The van der Waals surface area contributed by atoms with Gasteiger partial charge in [-0.15, -0.1) is 0 Å². The van der Waals surface area contributed by atoms with Crippen molar-refractivity contribution in [1.29, 1.82) is 0 Å². The van der Waals surface area contributed by atoms with E-state index in [-0.39, 0.29) is 25.2 Å². The lowest BCUT2D eigenvalue weighted by Crippen LogP contribution is -2.32. The summed E-state index contributed by atoms with van der Waals surface area (Å²) in [6.45, 7) is 4.83. The smallest absolute Gasteiger partial charge is 0.319 e. The zero-order valence-electron chi connectivity index (χ0n) is 8.83. The van der Waals surface area contributed by atoms with Gasteiger partial charge in [0.25, 0.3) is 0 Å².